The molecular weight excluding hydrogens is 486 g/mol. The molecule has 0 aliphatic rings. The maximum absolute atomic E-state index is 13.5. The SMILES string of the molecule is COc1ccc(OC)c(/C=N\NC(=O)CN(c2ccc(C)cc2)S(=O)(=O)c2ccc(SC)cc2)c1. The van der Waals surface area contributed by atoms with Gasteiger partial charge in [-0.15, -0.1) is 11.8 Å². The molecular formula is C25H27N3O5S2. The van der Waals surface area contributed by atoms with Crippen molar-refractivity contribution < 1.29 is 22.7 Å². The Kier molecular flexibility index (Phi) is 8.78. The molecule has 0 spiro atoms. The number of carbonyl (C=O) groups excluding carboxylic acids is 1. The first-order chi connectivity index (χ1) is 16.8. The fraction of sp³-hybridized carbons (Fsp3) is 0.200. The van der Waals surface area contributed by atoms with Crippen LogP contribution < -0.4 is 19.2 Å². The predicted molar refractivity (Wildman–Crippen MR) is 139 cm³/mol. The lowest BCUT2D eigenvalue weighted by Crippen LogP contribution is -2.39. The average molecular weight is 514 g/mol. The first-order valence-corrected chi connectivity index (χ1v) is 13.2. The van der Waals surface area contributed by atoms with E-state index in [1.807, 2.05) is 13.2 Å². The Morgan fingerprint density at radius 3 is 2.31 bits per heavy atom. The first kappa shape index (κ1) is 26.1. The lowest BCUT2D eigenvalue weighted by atomic mass is 10.2. The molecule has 3 aromatic rings. The summed E-state index contributed by atoms with van der Waals surface area (Å²) in [6.07, 6.45) is 3.32. The molecule has 1 N–H and O–H groups in total. The van der Waals surface area contributed by atoms with Gasteiger partial charge in [0, 0.05) is 10.5 Å². The van der Waals surface area contributed by atoms with Crippen LogP contribution in [0.2, 0.25) is 0 Å². The summed E-state index contributed by atoms with van der Waals surface area (Å²) in [5.74, 6) is 0.539. The van der Waals surface area contributed by atoms with Crippen molar-refractivity contribution in [3.8, 4) is 11.5 Å². The van der Waals surface area contributed by atoms with Crippen LogP contribution >= 0.6 is 11.8 Å². The number of amides is 1. The Hall–Kier alpha value is -3.50. The number of aryl methyl sites for hydroxylation is 1. The van der Waals surface area contributed by atoms with Gasteiger partial charge in [0.15, 0.2) is 0 Å². The van der Waals surface area contributed by atoms with E-state index in [1.54, 1.807) is 61.7 Å². The van der Waals surface area contributed by atoms with Gasteiger partial charge in [-0.3, -0.25) is 9.10 Å². The van der Waals surface area contributed by atoms with Crippen LogP contribution in [0, 0.1) is 6.92 Å². The number of anilines is 1. The van der Waals surface area contributed by atoms with Crippen LogP contribution in [-0.2, 0) is 14.8 Å². The van der Waals surface area contributed by atoms with Gasteiger partial charge in [0.05, 0.1) is 31.0 Å². The van der Waals surface area contributed by atoms with Crippen molar-refractivity contribution in [3.63, 3.8) is 0 Å². The van der Waals surface area contributed by atoms with Crippen molar-refractivity contribution in [2.45, 2.75) is 16.7 Å². The molecule has 0 saturated heterocycles. The molecule has 35 heavy (non-hydrogen) atoms. The predicted octanol–water partition coefficient (Wildman–Crippen LogP) is 4.08. The topological polar surface area (TPSA) is 97.3 Å². The van der Waals surface area contributed by atoms with E-state index in [1.165, 1.54) is 37.2 Å². The highest BCUT2D eigenvalue weighted by molar-refractivity contribution is 7.98. The van der Waals surface area contributed by atoms with Crippen molar-refractivity contribution in [2.75, 3.05) is 31.3 Å². The van der Waals surface area contributed by atoms with Crippen molar-refractivity contribution in [1.29, 1.82) is 0 Å². The Morgan fingerprint density at radius 1 is 1.03 bits per heavy atom. The van der Waals surface area contributed by atoms with Crippen LogP contribution in [0.4, 0.5) is 5.69 Å². The van der Waals surface area contributed by atoms with Gasteiger partial charge in [-0.2, -0.15) is 5.10 Å². The normalized spacial score (nSPS) is 11.3. The van der Waals surface area contributed by atoms with Crippen molar-refractivity contribution in [3.05, 3.63) is 77.9 Å². The number of hydrazone groups is 1. The molecule has 0 saturated carbocycles. The van der Waals surface area contributed by atoms with Crippen molar-refractivity contribution in [2.24, 2.45) is 5.10 Å². The zero-order chi connectivity index (χ0) is 25.4. The Balaban J connectivity index is 1.84. The second-order valence-electron chi connectivity index (χ2n) is 7.42. The number of thioether (sulfide) groups is 1. The van der Waals surface area contributed by atoms with Gasteiger partial charge in [0.1, 0.15) is 18.0 Å². The fourth-order valence-corrected chi connectivity index (χ4v) is 5.01. The summed E-state index contributed by atoms with van der Waals surface area (Å²) in [6, 6.07) is 18.6. The van der Waals surface area contributed by atoms with Gasteiger partial charge in [0.2, 0.25) is 0 Å². The van der Waals surface area contributed by atoms with Crippen LogP contribution in [0.3, 0.4) is 0 Å². The van der Waals surface area contributed by atoms with Gasteiger partial charge in [-0.05, 0) is 67.8 Å². The van der Waals surface area contributed by atoms with E-state index in [0.717, 1.165) is 14.8 Å². The number of hydrogen-bond acceptors (Lipinski definition) is 7. The van der Waals surface area contributed by atoms with E-state index in [2.05, 4.69) is 10.5 Å². The molecule has 3 aromatic carbocycles. The van der Waals surface area contributed by atoms with Gasteiger partial charge >= 0.3 is 0 Å². The van der Waals surface area contributed by atoms with Crippen molar-refractivity contribution in [1.82, 2.24) is 5.43 Å². The molecule has 0 aliphatic carbocycles. The highest BCUT2D eigenvalue weighted by atomic mass is 32.2. The highest BCUT2D eigenvalue weighted by Gasteiger charge is 2.27. The molecule has 1 amide bonds. The molecule has 0 aromatic heterocycles. The summed E-state index contributed by atoms with van der Waals surface area (Å²) in [4.78, 5) is 13.8. The lowest BCUT2D eigenvalue weighted by molar-refractivity contribution is -0.119. The Bertz CT molecular complexity index is 1290. The summed E-state index contributed by atoms with van der Waals surface area (Å²) < 4.78 is 38.5. The lowest BCUT2D eigenvalue weighted by Gasteiger charge is -2.24. The second-order valence-corrected chi connectivity index (χ2v) is 10.2. The summed E-state index contributed by atoms with van der Waals surface area (Å²) in [5, 5.41) is 3.98. The summed E-state index contributed by atoms with van der Waals surface area (Å²) in [7, 11) is -0.947. The zero-order valence-corrected chi connectivity index (χ0v) is 21.5. The molecule has 0 heterocycles. The van der Waals surface area contributed by atoms with E-state index < -0.39 is 22.5 Å². The average Bonchev–Trinajstić information content (AvgIpc) is 2.87. The molecule has 8 nitrogen and oxygen atoms in total. The third-order valence-electron chi connectivity index (χ3n) is 5.09. The Labute approximate surface area is 210 Å². The third-order valence-corrected chi connectivity index (χ3v) is 7.62. The second kappa shape index (κ2) is 11.8. The maximum Gasteiger partial charge on any atom is 0.264 e. The summed E-state index contributed by atoms with van der Waals surface area (Å²) in [5.41, 5.74) is 4.33. The first-order valence-electron chi connectivity index (χ1n) is 10.6. The van der Waals surface area contributed by atoms with Crippen LogP contribution in [0.15, 0.2) is 81.6 Å². The number of carbonyl (C=O) groups is 1. The summed E-state index contributed by atoms with van der Waals surface area (Å²) in [6.45, 7) is 1.44. The number of hydrogen-bond donors (Lipinski definition) is 1. The van der Waals surface area contributed by atoms with Gasteiger partial charge in [0.25, 0.3) is 15.9 Å². The Morgan fingerprint density at radius 2 is 1.71 bits per heavy atom. The van der Waals surface area contributed by atoms with Gasteiger partial charge in [-0.25, -0.2) is 13.8 Å². The minimum absolute atomic E-state index is 0.0910. The van der Waals surface area contributed by atoms with Gasteiger partial charge < -0.3 is 9.47 Å². The summed E-state index contributed by atoms with van der Waals surface area (Å²) >= 11 is 1.51. The third kappa shape index (κ3) is 6.55. The van der Waals surface area contributed by atoms with Crippen LogP contribution in [0.1, 0.15) is 11.1 Å². The number of ether oxygens (including phenoxy) is 2. The number of nitrogens with zero attached hydrogens (tertiary/aromatic N) is 2. The zero-order valence-electron chi connectivity index (χ0n) is 19.9. The van der Waals surface area contributed by atoms with E-state index in [9.17, 15) is 13.2 Å². The largest absolute Gasteiger partial charge is 0.497 e. The number of rotatable bonds is 10. The minimum Gasteiger partial charge on any atom is -0.497 e. The van der Waals surface area contributed by atoms with Crippen LogP contribution in [-0.4, -0.2) is 47.6 Å². The number of methoxy groups -OCH3 is 2. The van der Waals surface area contributed by atoms with Crippen molar-refractivity contribution >= 4 is 39.6 Å². The molecule has 184 valence electrons. The molecule has 0 unspecified atom stereocenters. The molecule has 10 heteroatoms. The number of sulfonamides is 1. The standard InChI is InChI=1S/C25H27N3O5S2/c1-18-5-7-20(8-6-18)28(35(30,31)23-12-10-22(34-4)11-13-23)17-25(29)27-26-16-19-15-21(32-2)9-14-24(19)33-3/h5-16H,17H2,1-4H3,(H,27,29)/b26-16-. The van der Waals surface area contributed by atoms with E-state index >= 15 is 0 Å². The minimum atomic E-state index is -4.01. The highest BCUT2D eigenvalue weighted by Crippen LogP contribution is 2.26. The fourth-order valence-electron chi connectivity index (χ4n) is 3.18. The number of nitrogens with one attached hydrogen (secondary N) is 1. The molecule has 0 radical (unpaired) electrons. The molecule has 3 rings (SSSR count). The van der Waals surface area contributed by atoms with E-state index in [-0.39, 0.29) is 4.90 Å². The number of benzene rings is 3. The van der Waals surface area contributed by atoms with E-state index in [0.29, 0.717) is 22.7 Å². The molecule has 0 bridgehead atoms. The monoisotopic (exact) mass is 513 g/mol. The molecule has 0 fully saturated rings. The quantitative estimate of drug-likeness (QED) is 0.249. The smallest absolute Gasteiger partial charge is 0.264 e. The van der Waals surface area contributed by atoms with Gasteiger partial charge in [-0.1, -0.05) is 17.7 Å². The van der Waals surface area contributed by atoms with Crippen LogP contribution in [0.25, 0.3) is 0 Å². The molecule has 0 atom stereocenters. The maximum atomic E-state index is 13.5. The van der Waals surface area contributed by atoms with Crippen LogP contribution in [0.5, 0.6) is 11.5 Å². The van der Waals surface area contributed by atoms with E-state index in [4.69, 9.17) is 9.47 Å². The molecule has 0 aliphatic heterocycles.